The molecule has 0 aliphatic carbocycles. The lowest BCUT2D eigenvalue weighted by atomic mass is 10.1. The third-order valence-corrected chi connectivity index (χ3v) is 8.10. The van der Waals surface area contributed by atoms with Gasteiger partial charge in [-0.15, -0.1) is 21.5 Å². The number of halogens is 1. The lowest BCUT2D eigenvalue weighted by Crippen LogP contribution is -2.14. The van der Waals surface area contributed by atoms with Crippen molar-refractivity contribution in [3.63, 3.8) is 0 Å². The highest BCUT2D eigenvalue weighted by atomic mass is 35.5. The Labute approximate surface area is 240 Å². The second-order valence-corrected chi connectivity index (χ2v) is 11.4. The Bertz CT molecular complexity index is 1570. The zero-order valence-electron chi connectivity index (χ0n) is 21.4. The predicted octanol–water partition coefficient (Wildman–Crippen LogP) is 6.89. The fourth-order valence-corrected chi connectivity index (χ4v) is 5.62. The summed E-state index contributed by atoms with van der Waals surface area (Å²) in [7, 11) is 0. The van der Waals surface area contributed by atoms with Gasteiger partial charge < -0.3 is 10.1 Å². The second-order valence-electron chi connectivity index (χ2n) is 8.90. The first-order valence-corrected chi connectivity index (χ1v) is 14.4. The van der Waals surface area contributed by atoms with E-state index in [1.54, 1.807) is 6.20 Å². The quantitative estimate of drug-likeness (QED) is 0.183. The Morgan fingerprint density at radius 3 is 2.62 bits per heavy atom. The molecule has 3 aromatic carbocycles. The van der Waals surface area contributed by atoms with E-state index in [4.69, 9.17) is 16.3 Å². The van der Waals surface area contributed by atoms with Crippen LogP contribution < -0.4 is 10.1 Å². The van der Waals surface area contributed by atoms with E-state index in [9.17, 15) is 4.79 Å². The average Bonchev–Trinajstić information content (AvgIpc) is 3.56. The molecule has 1 N–H and O–H groups in total. The first kappa shape index (κ1) is 26.9. The molecule has 0 fully saturated rings. The first-order valence-electron chi connectivity index (χ1n) is 12.3. The number of thioether (sulfide) groups is 1. The first-order chi connectivity index (χ1) is 18.9. The molecular formula is C29H26ClN5O2S2. The summed E-state index contributed by atoms with van der Waals surface area (Å²) in [5, 5.41) is 13.5. The summed E-state index contributed by atoms with van der Waals surface area (Å²) in [6, 6.07) is 23.7. The molecular weight excluding hydrogens is 550 g/mol. The van der Waals surface area contributed by atoms with Gasteiger partial charge in [0.25, 0.3) is 0 Å². The van der Waals surface area contributed by atoms with Crippen LogP contribution in [-0.4, -0.2) is 31.4 Å². The molecule has 5 rings (SSSR count). The van der Waals surface area contributed by atoms with Crippen LogP contribution in [0.3, 0.4) is 0 Å². The molecule has 0 bridgehead atoms. The molecule has 0 spiro atoms. The number of para-hydroxylation sites is 1. The molecule has 7 nitrogen and oxygen atoms in total. The highest BCUT2D eigenvalue weighted by Crippen LogP contribution is 2.26. The number of nitrogens with zero attached hydrogens (tertiary/aromatic N) is 4. The summed E-state index contributed by atoms with van der Waals surface area (Å²) in [4.78, 5) is 18.2. The topological polar surface area (TPSA) is 81.9 Å². The number of aryl methyl sites for hydroxylation is 2. The highest BCUT2D eigenvalue weighted by Gasteiger charge is 2.17. The van der Waals surface area contributed by atoms with Crippen molar-refractivity contribution in [2.45, 2.75) is 32.0 Å². The smallest absolute Gasteiger partial charge is 0.236 e. The summed E-state index contributed by atoms with van der Waals surface area (Å²) >= 11 is 9.01. The number of hydrogen-bond acceptors (Lipinski definition) is 7. The predicted molar refractivity (Wildman–Crippen MR) is 157 cm³/mol. The summed E-state index contributed by atoms with van der Waals surface area (Å²) in [6.07, 6.45) is 2.49. The number of nitrogens with one attached hydrogen (secondary N) is 1. The highest BCUT2D eigenvalue weighted by molar-refractivity contribution is 7.99. The zero-order chi connectivity index (χ0) is 27.2. The van der Waals surface area contributed by atoms with Gasteiger partial charge in [-0.2, -0.15) is 0 Å². The standard InChI is InChI=1S/C29H26ClN5O2S2/c1-19-8-12-23(13-9-19)37-17-26-33-34-29(35(26)22-6-4-3-5-7-22)38-18-27(36)32-28-31-16-24(39-28)14-21-11-10-20(2)25(30)15-21/h3-13,15-16H,14,17-18H2,1-2H3,(H,31,32,36). The van der Waals surface area contributed by atoms with E-state index in [-0.39, 0.29) is 18.3 Å². The van der Waals surface area contributed by atoms with E-state index in [1.165, 1.54) is 23.1 Å². The van der Waals surface area contributed by atoms with Gasteiger partial charge in [0, 0.05) is 28.2 Å². The van der Waals surface area contributed by atoms with Crippen molar-refractivity contribution < 1.29 is 9.53 Å². The number of thiazole rings is 1. The molecule has 0 saturated heterocycles. The molecule has 2 heterocycles. The van der Waals surface area contributed by atoms with Gasteiger partial charge >= 0.3 is 0 Å². The minimum Gasteiger partial charge on any atom is -0.486 e. The number of amides is 1. The number of ether oxygens (including phenoxy) is 1. The molecule has 0 atom stereocenters. The monoisotopic (exact) mass is 575 g/mol. The number of carbonyl (C=O) groups is 1. The van der Waals surface area contributed by atoms with Gasteiger partial charge in [0.2, 0.25) is 5.91 Å². The van der Waals surface area contributed by atoms with E-state index in [1.807, 2.05) is 85.1 Å². The molecule has 39 heavy (non-hydrogen) atoms. The molecule has 0 aliphatic heterocycles. The maximum Gasteiger partial charge on any atom is 0.236 e. The van der Waals surface area contributed by atoms with Crippen molar-refractivity contribution in [1.82, 2.24) is 19.7 Å². The third-order valence-electron chi connectivity index (χ3n) is 5.85. The molecule has 1 amide bonds. The van der Waals surface area contributed by atoms with Crippen molar-refractivity contribution in [3.05, 3.63) is 111 Å². The maximum atomic E-state index is 12.8. The van der Waals surface area contributed by atoms with Gasteiger partial charge in [-0.05, 0) is 55.3 Å². The van der Waals surface area contributed by atoms with Crippen LogP contribution in [0.4, 0.5) is 5.13 Å². The van der Waals surface area contributed by atoms with Crippen molar-refractivity contribution in [3.8, 4) is 11.4 Å². The number of benzene rings is 3. The third kappa shape index (κ3) is 7.06. The van der Waals surface area contributed by atoms with Crippen LogP contribution in [-0.2, 0) is 17.8 Å². The number of anilines is 1. The van der Waals surface area contributed by atoms with Crippen LogP contribution in [0.2, 0.25) is 5.02 Å². The Hall–Kier alpha value is -3.66. The SMILES string of the molecule is Cc1ccc(OCc2nnc(SCC(=O)Nc3ncc(Cc4ccc(C)c(Cl)c4)s3)n2-c2ccccc2)cc1. The lowest BCUT2D eigenvalue weighted by Gasteiger charge is -2.11. The summed E-state index contributed by atoms with van der Waals surface area (Å²) in [5.74, 6) is 1.39. The zero-order valence-corrected chi connectivity index (χ0v) is 23.8. The van der Waals surface area contributed by atoms with Gasteiger partial charge in [-0.3, -0.25) is 9.36 Å². The van der Waals surface area contributed by atoms with E-state index < -0.39 is 0 Å². The fraction of sp³-hybridized carbons (Fsp3) is 0.172. The Morgan fingerprint density at radius 1 is 1.05 bits per heavy atom. The summed E-state index contributed by atoms with van der Waals surface area (Å²) in [6.45, 7) is 4.25. The fourth-order valence-electron chi connectivity index (χ4n) is 3.79. The largest absolute Gasteiger partial charge is 0.486 e. The van der Waals surface area contributed by atoms with Crippen LogP contribution >= 0.6 is 34.7 Å². The lowest BCUT2D eigenvalue weighted by molar-refractivity contribution is -0.113. The molecule has 0 saturated carbocycles. The minimum absolute atomic E-state index is 0.159. The molecule has 5 aromatic rings. The Morgan fingerprint density at radius 2 is 1.85 bits per heavy atom. The number of hydrogen-bond donors (Lipinski definition) is 1. The normalized spacial score (nSPS) is 10.9. The Balaban J connectivity index is 1.23. The maximum absolute atomic E-state index is 12.8. The van der Waals surface area contributed by atoms with Crippen molar-refractivity contribution in [2.75, 3.05) is 11.1 Å². The van der Waals surface area contributed by atoms with E-state index in [2.05, 4.69) is 26.6 Å². The van der Waals surface area contributed by atoms with Crippen molar-refractivity contribution in [1.29, 1.82) is 0 Å². The van der Waals surface area contributed by atoms with E-state index >= 15 is 0 Å². The molecule has 2 aromatic heterocycles. The second kappa shape index (κ2) is 12.5. The van der Waals surface area contributed by atoms with Gasteiger partial charge in [0.1, 0.15) is 12.4 Å². The average molecular weight is 576 g/mol. The summed E-state index contributed by atoms with van der Waals surface area (Å²) < 4.78 is 7.88. The van der Waals surface area contributed by atoms with Crippen molar-refractivity contribution >= 4 is 45.7 Å². The van der Waals surface area contributed by atoms with Gasteiger partial charge in [-0.1, -0.05) is 71.4 Å². The molecule has 0 radical (unpaired) electrons. The van der Waals surface area contributed by atoms with Gasteiger partial charge in [0.15, 0.2) is 16.1 Å². The van der Waals surface area contributed by atoms with Crippen LogP contribution in [0, 0.1) is 13.8 Å². The number of rotatable bonds is 10. The van der Waals surface area contributed by atoms with Gasteiger partial charge in [-0.25, -0.2) is 4.98 Å². The van der Waals surface area contributed by atoms with Crippen LogP contribution in [0.1, 0.15) is 27.4 Å². The molecule has 0 unspecified atom stereocenters. The van der Waals surface area contributed by atoms with Crippen LogP contribution in [0.5, 0.6) is 5.75 Å². The van der Waals surface area contributed by atoms with E-state index in [0.717, 1.165) is 38.0 Å². The Kier molecular flexibility index (Phi) is 8.61. The van der Waals surface area contributed by atoms with Crippen molar-refractivity contribution in [2.24, 2.45) is 0 Å². The molecule has 198 valence electrons. The molecule has 0 aliphatic rings. The number of carbonyl (C=O) groups excluding carboxylic acids is 1. The molecule has 10 heteroatoms. The van der Waals surface area contributed by atoms with E-state index in [0.29, 0.717) is 22.5 Å². The van der Waals surface area contributed by atoms with Crippen LogP contribution in [0.15, 0.2) is 84.1 Å². The summed E-state index contributed by atoms with van der Waals surface area (Å²) in [5.41, 5.74) is 4.21. The van der Waals surface area contributed by atoms with Gasteiger partial charge in [0.05, 0.1) is 5.75 Å². The number of aromatic nitrogens is 4. The minimum atomic E-state index is -0.167. The van der Waals surface area contributed by atoms with Crippen LogP contribution in [0.25, 0.3) is 5.69 Å².